The lowest BCUT2D eigenvalue weighted by atomic mass is 10.5. The zero-order valence-corrected chi connectivity index (χ0v) is 3.53. The van der Waals surface area contributed by atoms with Gasteiger partial charge in [0, 0.05) is 6.42 Å². The molecule has 7 heavy (non-hydrogen) atoms. The summed E-state index contributed by atoms with van der Waals surface area (Å²) in [6.45, 7) is 0. The topological polar surface area (TPSA) is 17.1 Å². The molecule has 0 radical (unpaired) electrons. The van der Waals surface area contributed by atoms with Gasteiger partial charge in [0.25, 0.3) is 6.08 Å². The number of carbonyl (C=O) groups is 1. The second-order valence-electron chi connectivity index (χ2n) is 0.896. The molecule has 0 aromatic heterocycles. The number of carbonyl (C=O) groups excluding carboxylic acids is 1. The van der Waals surface area contributed by atoms with Crippen LogP contribution in [0.4, 0.5) is 8.78 Å². The molecular formula is C4H4F2O. The Kier molecular flexibility index (Phi) is 3.10. The van der Waals surface area contributed by atoms with E-state index < -0.39 is 6.08 Å². The molecule has 0 unspecified atom stereocenters. The van der Waals surface area contributed by atoms with Crippen LogP contribution in [0.3, 0.4) is 0 Å². The monoisotopic (exact) mass is 106 g/mol. The zero-order chi connectivity index (χ0) is 5.70. The standard InChI is InChI=1S/C4H4F2O/c5-4(6)2-1-3-7/h2-3H,1H2. The van der Waals surface area contributed by atoms with Crippen LogP contribution in [-0.2, 0) is 4.79 Å². The average Bonchev–Trinajstić information content (AvgIpc) is 1.61. The van der Waals surface area contributed by atoms with E-state index in [9.17, 15) is 13.6 Å². The van der Waals surface area contributed by atoms with E-state index in [0.717, 1.165) is 0 Å². The van der Waals surface area contributed by atoms with Crippen molar-refractivity contribution in [3.05, 3.63) is 12.2 Å². The van der Waals surface area contributed by atoms with Crippen LogP contribution in [-0.4, -0.2) is 6.29 Å². The van der Waals surface area contributed by atoms with Gasteiger partial charge in [-0.2, -0.15) is 8.78 Å². The highest BCUT2D eigenvalue weighted by Crippen LogP contribution is 1.95. The van der Waals surface area contributed by atoms with Crippen molar-refractivity contribution < 1.29 is 13.6 Å². The number of halogens is 2. The van der Waals surface area contributed by atoms with E-state index in [-0.39, 0.29) is 6.42 Å². The van der Waals surface area contributed by atoms with Gasteiger partial charge in [0.1, 0.15) is 6.29 Å². The molecule has 0 bridgehead atoms. The van der Waals surface area contributed by atoms with E-state index in [4.69, 9.17) is 0 Å². The Morgan fingerprint density at radius 2 is 2.14 bits per heavy atom. The molecule has 0 heterocycles. The summed E-state index contributed by atoms with van der Waals surface area (Å²) >= 11 is 0. The average molecular weight is 106 g/mol. The molecule has 0 aliphatic heterocycles. The fourth-order valence-corrected chi connectivity index (χ4v) is 0.137. The molecule has 0 saturated heterocycles. The molecule has 0 amide bonds. The van der Waals surface area contributed by atoms with Crippen LogP contribution in [0.5, 0.6) is 0 Å². The van der Waals surface area contributed by atoms with Crippen LogP contribution in [0.2, 0.25) is 0 Å². The summed E-state index contributed by atoms with van der Waals surface area (Å²) in [5, 5.41) is 0. The Balaban J connectivity index is 3.25. The fourth-order valence-electron chi connectivity index (χ4n) is 0.137. The second kappa shape index (κ2) is 3.46. The molecular weight excluding hydrogens is 102 g/mol. The third-order valence-electron chi connectivity index (χ3n) is 0.368. The molecule has 40 valence electrons. The predicted molar refractivity (Wildman–Crippen MR) is 21.0 cm³/mol. The van der Waals surface area contributed by atoms with Gasteiger partial charge >= 0.3 is 0 Å². The van der Waals surface area contributed by atoms with Crippen molar-refractivity contribution in [1.29, 1.82) is 0 Å². The third kappa shape index (κ3) is 5.27. The molecule has 0 aliphatic carbocycles. The van der Waals surface area contributed by atoms with Gasteiger partial charge in [-0.1, -0.05) is 0 Å². The molecule has 0 aliphatic rings. The minimum Gasteiger partial charge on any atom is -0.303 e. The highest BCUT2D eigenvalue weighted by atomic mass is 19.3. The summed E-state index contributed by atoms with van der Waals surface area (Å²) in [7, 11) is 0. The molecule has 0 fully saturated rings. The number of aldehydes is 1. The first-order chi connectivity index (χ1) is 3.27. The van der Waals surface area contributed by atoms with E-state index in [1.807, 2.05) is 0 Å². The van der Waals surface area contributed by atoms with Crippen LogP contribution in [0.25, 0.3) is 0 Å². The van der Waals surface area contributed by atoms with Gasteiger partial charge in [0.05, 0.1) is 0 Å². The van der Waals surface area contributed by atoms with Crippen LogP contribution >= 0.6 is 0 Å². The SMILES string of the molecule is O=CCC=C(F)F. The molecule has 0 rings (SSSR count). The fraction of sp³-hybridized carbons (Fsp3) is 0.250. The number of hydrogen-bond acceptors (Lipinski definition) is 1. The van der Waals surface area contributed by atoms with Crippen molar-refractivity contribution in [2.75, 3.05) is 0 Å². The van der Waals surface area contributed by atoms with Crippen LogP contribution in [0.1, 0.15) is 6.42 Å². The van der Waals surface area contributed by atoms with Crippen molar-refractivity contribution in [3.63, 3.8) is 0 Å². The second-order valence-corrected chi connectivity index (χ2v) is 0.896. The summed E-state index contributed by atoms with van der Waals surface area (Å²) < 4.78 is 21.8. The Morgan fingerprint density at radius 3 is 2.29 bits per heavy atom. The number of allylic oxidation sites excluding steroid dienone is 1. The van der Waals surface area contributed by atoms with E-state index in [1.54, 1.807) is 0 Å². The summed E-state index contributed by atoms with van der Waals surface area (Å²) in [6, 6.07) is 0. The summed E-state index contributed by atoms with van der Waals surface area (Å²) in [6.07, 6.45) is -1.01. The highest BCUT2D eigenvalue weighted by molar-refractivity contribution is 5.51. The van der Waals surface area contributed by atoms with E-state index in [0.29, 0.717) is 12.4 Å². The molecule has 0 N–H and O–H groups in total. The van der Waals surface area contributed by atoms with Crippen molar-refractivity contribution >= 4 is 6.29 Å². The van der Waals surface area contributed by atoms with Crippen LogP contribution in [0, 0.1) is 0 Å². The summed E-state index contributed by atoms with van der Waals surface area (Å²) in [4.78, 5) is 9.33. The Hall–Kier alpha value is -0.730. The van der Waals surface area contributed by atoms with E-state index in [2.05, 4.69) is 0 Å². The number of hydrogen-bond donors (Lipinski definition) is 0. The maximum atomic E-state index is 10.9. The van der Waals surface area contributed by atoms with Crippen LogP contribution in [0.15, 0.2) is 12.2 Å². The predicted octanol–water partition coefficient (Wildman–Crippen LogP) is 1.36. The first kappa shape index (κ1) is 6.27. The van der Waals surface area contributed by atoms with Gasteiger partial charge in [0.15, 0.2) is 0 Å². The van der Waals surface area contributed by atoms with Crippen molar-refractivity contribution in [2.24, 2.45) is 0 Å². The van der Waals surface area contributed by atoms with Gasteiger partial charge < -0.3 is 4.79 Å². The van der Waals surface area contributed by atoms with Crippen LogP contribution < -0.4 is 0 Å². The summed E-state index contributed by atoms with van der Waals surface area (Å²) in [5.41, 5.74) is 0. The normalized spacial score (nSPS) is 7.71. The molecule has 0 spiro atoms. The molecule has 0 aromatic rings. The Bertz CT molecular complexity index is 83.7. The molecule has 0 aromatic carbocycles. The molecule has 3 heteroatoms. The maximum absolute atomic E-state index is 10.9. The van der Waals surface area contributed by atoms with Crippen molar-refractivity contribution in [2.45, 2.75) is 6.42 Å². The van der Waals surface area contributed by atoms with Gasteiger partial charge in [-0.3, -0.25) is 0 Å². The third-order valence-corrected chi connectivity index (χ3v) is 0.368. The quantitative estimate of drug-likeness (QED) is 0.485. The number of rotatable bonds is 2. The van der Waals surface area contributed by atoms with Gasteiger partial charge in [0.2, 0.25) is 0 Å². The highest BCUT2D eigenvalue weighted by Gasteiger charge is 1.82. The first-order valence-corrected chi connectivity index (χ1v) is 1.72. The van der Waals surface area contributed by atoms with Crippen molar-refractivity contribution in [3.8, 4) is 0 Å². The minimum atomic E-state index is -1.80. The Labute approximate surface area is 39.6 Å². The van der Waals surface area contributed by atoms with E-state index >= 15 is 0 Å². The lowest BCUT2D eigenvalue weighted by molar-refractivity contribution is -0.107. The van der Waals surface area contributed by atoms with Gasteiger partial charge in [-0.05, 0) is 6.08 Å². The van der Waals surface area contributed by atoms with Gasteiger partial charge in [-0.15, -0.1) is 0 Å². The molecule has 1 nitrogen and oxygen atoms in total. The summed E-state index contributed by atoms with van der Waals surface area (Å²) in [5.74, 6) is 0. The molecule has 0 atom stereocenters. The minimum absolute atomic E-state index is 0.192. The maximum Gasteiger partial charge on any atom is 0.266 e. The lowest BCUT2D eigenvalue weighted by Crippen LogP contribution is -1.65. The van der Waals surface area contributed by atoms with Crippen molar-refractivity contribution in [1.82, 2.24) is 0 Å². The smallest absolute Gasteiger partial charge is 0.266 e. The zero-order valence-electron chi connectivity index (χ0n) is 3.53. The largest absolute Gasteiger partial charge is 0.303 e. The van der Waals surface area contributed by atoms with Gasteiger partial charge in [-0.25, -0.2) is 0 Å². The first-order valence-electron chi connectivity index (χ1n) is 1.72. The Morgan fingerprint density at radius 1 is 1.57 bits per heavy atom. The molecule has 0 saturated carbocycles. The van der Waals surface area contributed by atoms with E-state index in [1.165, 1.54) is 0 Å². The lowest BCUT2D eigenvalue weighted by Gasteiger charge is -1.71.